The molecule has 0 radical (unpaired) electrons. The molecule has 3 atom stereocenters. The van der Waals surface area contributed by atoms with E-state index in [9.17, 15) is 4.79 Å². The van der Waals surface area contributed by atoms with Crippen LogP contribution in [0.1, 0.15) is 35.4 Å². The maximum absolute atomic E-state index is 12.1. The summed E-state index contributed by atoms with van der Waals surface area (Å²) < 4.78 is 5.17. The Morgan fingerprint density at radius 3 is 3.14 bits per heavy atom. The van der Waals surface area contributed by atoms with Crippen molar-refractivity contribution in [2.45, 2.75) is 43.9 Å². The molecule has 2 aliphatic rings. The highest BCUT2D eigenvalue weighted by Gasteiger charge is 2.46. The van der Waals surface area contributed by atoms with E-state index in [1.54, 1.807) is 29.7 Å². The topological polar surface area (TPSA) is 45.5 Å². The molecule has 0 saturated carbocycles. The predicted octanol–water partition coefficient (Wildman–Crippen LogP) is 2.88. The maximum Gasteiger partial charge on any atom is 0.287 e. The lowest BCUT2D eigenvalue weighted by molar-refractivity contribution is 0.0897. The van der Waals surface area contributed by atoms with Gasteiger partial charge in [0, 0.05) is 24.7 Å². The molecule has 4 nitrogen and oxygen atoms in total. The number of amides is 1. The third-order valence-corrected chi connectivity index (χ3v) is 5.42. The van der Waals surface area contributed by atoms with Crippen molar-refractivity contribution in [2.24, 2.45) is 0 Å². The summed E-state index contributed by atoms with van der Waals surface area (Å²) in [5.41, 5.74) is 1.38. The van der Waals surface area contributed by atoms with Gasteiger partial charge in [-0.3, -0.25) is 9.69 Å². The molecule has 2 aliphatic heterocycles. The lowest BCUT2D eigenvalue weighted by Gasteiger charge is -2.24. The van der Waals surface area contributed by atoms with E-state index in [4.69, 9.17) is 4.42 Å². The number of nitrogens with one attached hydrogen (secondary N) is 1. The van der Waals surface area contributed by atoms with Crippen LogP contribution >= 0.6 is 11.3 Å². The summed E-state index contributed by atoms with van der Waals surface area (Å²) in [6.07, 6.45) is 5.03. The Bertz CT molecular complexity index is 608. The zero-order chi connectivity index (χ0) is 14.2. The van der Waals surface area contributed by atoms with Gasteiger partial charge in [0.15, 0.2) is 5.76 Å². The monoisotopic (exact) mass is 302 g/mol. The summed E-state index contributed by atoms with van der Waals surface area (Å²) in [7, 11) is 0. The Kier molecular flexibility index (Phi) is 3.31. The number of fused-ring (bicyclic) bond motifs is 2. The van der Waals surface area contributed by atoms with Crippen LogP contribution in [0.4, 0.5) is 0 Å². The molecule has 2 aromatic rings. The minimum atomic E-state index is -0.0898. The molecule has 2 fully saturated rings. The average Bonchev–Trinajstić information content (AvgIpc) is 3.24. The van der Waals surface area contributed by atoms with Gasteiger partial charge in [-0.25, -0.2) is 0 Å². The van der Waals surface area contributed by atoms with Crippen LogP contribution in [0, 0.1) is 0 Å². The fourth-order valence-electron chi connectivity index (χ4n) is 3.74. The van der Waals surface area contributed by atoms with Crippen LogP contribution in [0.5, 0.6) is 0 Å². The zero-order valence-corrected chi connectivity index (χ0v) is 12.5. The molecule has 2 saturated heterocycles. The molecular formula is C16H18N2O2S. The van der Waals surface area contributed by atoms with Crippen LogP contribution in [0.3, 0.4) is 0 Å². The molecule has 21 heavy (non-hydrogen) atoms. The van der Waals surface area contributed by atoms with Crippen LogP contribution in [0.25, 0.3) is 0 Å². The number of rotatable bonds is 4. The first kappa shape index (κ1) is 13.1. The van der Waals surface area contributed by atoms with Gasteiger partial charge < -0.3 is 9.73 Å². The highest BCUT2D eigenvalue weighted by Crippen LogP contribution is 2.39. The van der Waals surface area contributed by atoms with Crippen LogP contribution < -0.4 is 5.32 Å². The fourth-order valence-corrected chi connectivity index (χ4v) is 4.40. The lowest BCUT2D eigenvalue weighted by Crippen LogP contribution is -2.43. The third-order valence-electron chi connectivity index (χ3n) is 4.69. The first-order chi connectivity index (χ1) is 10.3. The van der Waals surface area contributed by atoms with Crippen molar-refractivity contribution in [1.29, 1.82) is 0 Å². The van der Waals surface area contributed by atoms with Gasteiger partial charge in [0.05, 0.1) is 6.26 Å². The minimum Gasteiger partial charge on any atom is -0.459 e. The summed E-state index contributed by atoms with van der Waals surface area (Å²) in [6.45, 7) is 1.01. The van der Waals surface area contributed by atoms with E-state index in [0.29, 0.717) is 17.8 Å². The van der Waals surface area contributed by atoms with Crippen LogP contribution in [0.2, 0.25) is 0 Å². The molecule has 4 rings (SSSR count). The number of carbonyl (C=O) groups is 1. The lowest BCUT2D eigenvalue weighted by atomic mass is 9.95. The van der Waals surface area contributed by atoms with Crippen molar-refractivity contribution < 1.29 is 9.21 Å². The maximum atomic E-state index is 12.1. The molecule has 2 bridgehead atoms. The third kappa shape index (κ3) is 2.40. The largest absolute Gasteiger partial charge is 0.459 e. The van der Waals surface area contributed by atoms with Gasteiger partial charge in [0.2, 0.25) is 0 Å². The Balaban J connectivity index is 1.43. The van der Waals surface area contributed by atoms with Gasteiger partial charge in [-0.05, 0) is 53.8 Å². The Morgan fingerprint density at radius 2 is 2.38 bits per heavy atom. The highest BCUT2D eigenvalue weighted by atomic mass is 32.1. The number of hydrogen-bond donors (Lipinski definition) is 1. The standard InChI is InChI=1S/C16H18N2O2S/c19-16(15-2-1-6-20-15)17-13-8-12-3-4-14(13)18(12)9-11-5-7-21-10-11/h1-2,5-7,10,12-14H,3-4,8-9H2,(H,17,19)/t12?,13-,14?/m1/s1. The molecule has 1 N–H and O–H groups in total. The first-order valence-electron chi connectivity index (χ1n) is 7.42. The quantitative estimate of drug-likeness (QED) is 0.944. The van der Waals surface area contributed by atoms with E-state index >= 15 is 0 Å². The van der Waals surface area contributed by atoms with E-state index in [-0.39, 0.29) is 11.9 Å². The van der Waals surface area contributed by atoms with Crippen molar-refractivity contribution in [3.05, 3.63) is 46.5 Å². The second-order valence-corrected chi connectivity index (χ2v) is 6.68. The summed E-state index contributed by atoms with van der Waals surface area (Å²) in [4.78, 5) is 14.7. The Hall–Kier alpha value is -1.59. The van der Waals surface area contributed by atoms with E-state index in [1.807, 2.05) is 0 Å². The zero-order valence-electron chi connectivity index (χ0n) is 11.7. The highest BCUT2D eigenvalue weighted by molar-refractivity contribution is 7.07. The smallest absolute Gasteiger partial charge is 0.287 e. The molecule has 5 heteroatoms. The molecule has 0 aromatic carbocycles. The summed E-state index contributed by atoms with van der Waals surface area (Å²) in [5.74, 6) is 0.315. The Morgan fingerprint density at radius 1 is 1.43 bits per heavy atom. The van der Waals surface area contributed by atoms with E-state index in [2.05, 4.69) is 27.0 Å². The molecule has 2 unspecified atom stereocenters. The van der Waals surface area contributed by atoms with E-state index in [1.165, 1.54) is 18.4 Å². The molecular weight excluding hydrogens is 284 g/mol. The first-order valence-corrected chi connectivity index (χ1v) is 8.37. The number of nitrogens with zero attached hydrogens (tertiary/aromatic N) is 1. The van der Waals surface area contributed by atoms with Crippen LogP contribution in [-0.2, 0) is 6.54 Å². The second-order valence-electron chi connectivity index (χ2n) is 5.90. The van der Waals surface area contributed by atoms with Crippen LogP contribution in [0.15, 0.2) is 39.6 Å². The Labute approximate surface area is 127 Å². The SMILES string of the molecule is O=C(N[C@@H]1CC2CCC1N2Cc1ccsc1)c1ccco1. The van der Waals surface area contributed by atoms with Crippen molar-refractivity contribution in [1.82, 2.24) is 10.2 Å². The molecule has 4 heterocycles. The normalized spacial score (nSPS) is 28.1. The number of carbonyl (C=O) groups excluding carboxylic acids is 1. The van der Waals surface area contributed by atoms with Gasteiger partial charge in [-0.1, -0.05) is 0 Å². The average molecular weight is 302 g/mol. The van der Waals surface area contributed by atoms with Crippen LogP contribution in [-0.4, -0.2) is 28.9 Å². The molecule has 0 spiro atoms. The van der Waals surface area contributed by atoms with E-state index < -0.39 is 0 Å². The summed E-state index contributed by atoms with van der Waals surface area (Å²) in [5, 5.41) is 7.50. The molecule has 0 aliphatic carbocycles. The molecule has 110 valence electrons. The van der Waals surface area contributed by atoms with Crippen molar-refractivity contribution >= 4 is 17.2 Å². The van der Waals surface area contributed by atoms with Gasteiger partial charge in [0.1, 0.15) is 0 Å². The number of furan rings is 1. The van der Waals surface area contributed by atoms with Crippen molar-refractivity contribution in [3.8, 4) is 0 Å². The number of thiophene rings is 1. The van der Waals surface area contributed by atoms with Gasteiger partial charge in [-0.15, -0.1) is 0 Å². The van der Waals surface area contributed by atoms with Gasteiger partial charge >= 0.3 is 0 Å². The fraction of sp³-hybridized carbons (Fsp3) is 0.438. The summed E-state index contributed by atoms with van der Waals surface area (Å²) in [6, 6.07) is 6.98. The number of hydrogen-bond acceptors (Lipinski definition) is 4. The van der Waals surface area contributed by atoms with E-state index in [0.717, 1.165) is 13.0 Å². The summed E-state index contributed by atoms with van der Waals surface area (Å²) >= 11 is 1.75. The van der Waals surface area contributed by atoms with Gasteiger partial charge in [-0.2, -0.15) is 11.3 Å². The van der Waals surface area contributed by atoms with Crippen molar-refractivity contribution in [3.63, 3.8) is 0 Å². The van der Waals surface area contributed by atoms with Crippen molar-refractivity contribution in [2.75, 3.05) is 0 Å². The predicted molar refractivity (Wildman–Crippen MR) is 81.3 cm³/mol. The minimum absolute atomic E-state index is 0.0898. The molecule has 1 amide bonds. The second kappa shape index (κ2) is 5.31. The van der Waals surface area contributed by atoms with Gasteiger partial charge in [0.25, 0.3) is 5.91 Å². The molecule has 2 aromatic heterocycles.